The number of likely N-dealkylation sites (tertiary alicyclic amines) is 1. The number of carboxylic acid groups (broad SMARTS) is 1. The van der Waals surface area contributed by atoms with Gasteiger partial charge in [-0.2, -0.15) is 8.78 Å². The lowest BCUT2D eigenvalue weighted by atomic mass is 9.88. The maximum absolute atomic E-state index is 13.5. The zero-order chi connectivity index (χ0) is 13.3. The number of aliphatic carboxylic acids is 1. The van der Waals surface area contributed by atoms with E-state index in [-0.39, 0.29) is 25.4 Å². The van der Waals surface area contributed by atoms with Crippen molar-refractivity contribution in [3.63, 3.8) is 0 Å². The largest absolute Gasteiger partial charge is 0.477 e. The van der Waals surface area contributed by atoms with E-state index in [1.165, 1.54) is 0 Å². The second kappa shape index (κ2) is 4.86. The van der Waals surface area contributed by atoms with Crippen LogP contribution in [0.4, 0.5) is 8.78 Å². The topological polar surface area (TPSA) is 60.8 Å². The molecule has 1 aliphatic heterocycles. The van der Waals surface area contributed by atoms with Crippen LogP contribution in [0.2, 0.25) is 0 Å². The molecule has 0 aromatic heterocycles. The highest BCUT2D eigenvalue weighted by atomic mass is 19.3. The minimum Gasteiger partial charge on any atom is -0.477 e. The van der Waals surface area contributed by atoms with Crippen LogP contribution in [-0.4, -0.2) is 51.7 Å². The Bertz CT molecular complexity index is 296. The van der Waals surface area contributed by atoms with Crippen molar-refractivity contribution in [1.82, 2.24) is 4.90 Å². The number of rotatable bonds is 3. The van der Waals surface area contributed by atoms with Gasteiger partial charge in [0.15, 0.2) is 0 Å². The van der Waals surface area contributed by atoms with Crippen molar-refractivity contribution in [2.75, 3.05) is 13.1 Å². The minimum absolute atomic E-state index is 0.185. The van der Waals surface area contributed by atoms with Gasteiger partial charge in [0.05, 0.1) is 0 Å². The Morgan fingerprint density at radius 1 is 1.35 bits per heavy atom. The first-order valence-corrected chi connectivity index (χ1v) is 5.78. The maximum Gasteiger partial charge on any atom is 0.377 e. The van der Waals surface area contributed by atoms with E-state index in [2.05, 4.69) is 0 Å². The van der Waals surface area contributed by atoms with E-state index in [1.807, 2.05) is 18.7 Å². The molecule has 1 unspecified atom stereocenters. The van der Waals surface area contributed by atoms with Crippen molar-refractivity contribution in [3.05, 3.63) is 0 Å². The third-order valence-corrected chi connectivity index (χ3v) is 3.43. The lowest BCUT2D eigenvalue weighted by Crippen LogP contribution is -2.53. The summed E-state index contributed by atoms with van der Waals surface area (Å²) in [7, 11) is 0. The monoisotopic (exact) mass is 251 g/mol. The molecule has 0 aromatic carbocycles. The van der Waals surface area contributed by atoms with Gasteiger partial charge in [-0.15, -0.1) is 0 Å². The van der Waals surface area contributed by atoms with Crippen molar-refractivity contribution in [2.24, 2.45) is 0 Å². The average Bonchev–Trinajstić information content (AvgIpc) is 2.41. The predicted molar refractivity (Wildman–Crippen MR) is 58.1 cm³/mol. The van der Waals surface area contributed by atoms with Gasteiger partial charge in [0.2, 0.25) is 0 Å². The molecular weight excluding hydrogens is 232 g/mol. The highest BCUT2D eigenvalue weighted by Gasteiger charge is 2.58. The van der Waals surface area contributed by atoms with E-state index in [1.54, 1.807) is 0 Å². The third kappa shape index (κ3) is 2.74. The molecule has 2 N–H and O–H groups in total. The molecule has 1 heterocycles. The van der Waals surface area contributed by atoms with Crippen molar-refractivity contribution in [2.45, 2.75) is 50.7 Å². The van der Waals surface area contributed by atoms with Crippen LogP contribution in [0.1, 0.15) is 33.1 Å². The van der Waals surface area contributed by atoms with Crippen LogP contribution < -0.4 is 0 Å². The van der Waals surface area contributed by atoms with E-state index >= 15 is 0 Å². The summed E-state index contributed by atoms with van der Waals surface area (Å²) < 4.78 is 26.9. The summed E-state index contributed by atoms with van der Waals surface area (Å²) in [5.74, 6) is -6.34. The lowest BCUT2D eigenvalue weighted by molar-refractivity contribution is -0.211. The van der Waals surface area contributed by atoms with Crippen LogP contribution in [0.3, 0.4) is 0 Å². The normalized spacial score (nSPS) is 28.1. The molecule has 0 amide bonds. The molecule has 6 heteroatoms. The van der Waals surface area contributed by atoms with Gasteiger partial charge in [-0.3, -0.25) is 0 Å². The van der Waals surface area contributed by atoms with Crippen molar-refractivity contribution in [1.29, 1.82) is 0 Å². The molecule has 1 saturated heterocycles. The number of nitrogens with zero attached hydrogens (tertiary/aromatic N) is 1. The molecule has 0 radical (unpaired) electrons. The zero-order valence-corrected chi connectivity index (χ0v) is 10.1. The van der Waals surface area contributed by atoms with Crippen LogP contribution in [0.15, 0.2) is 0 Å². The lowest BCUT2D eigenvalue weighted by Gasteiger charge is -2.32. The Hall–Kier alpha value is -0.750. The number of halogens is 2. The molecule has 100 valence electrons. The molecule has 1 aliphatic rings. The second-order valence-electron chi connectivity index (χ2n) is 4.89. The van der Waals surface area contributed by atoms with Gasteiger partial charge in [0.25, 0.3) is 0 Å². The summed E-state index contributed by atoms with van der Waals surface area (Å²) in [5, 5.41) is 18.4. The third-order valence-electron chi connectivity index (χ3n) is 3.43. The molecule has 0 bridgehead atoms. The first-order valence-electron chi connectivity index (χ1n) is 5.78. The molecule has 1 atom stereocenters. The quantitative estimate of drug-likeness (QED) is 0.794. The molecular formula is C11H19F2NO3. The first kappa shape index (κ1) is 14.3. The van der Waals surface area contributed by atoms with E-state index in [9.17, 15) is 18.7 Å². The Labute approximate surface area is 99.2 Å². The Balaban J connectivity index is 2.82. The highest BCUT2D eigenvalue weighted by molar-refractivity contribution is 5.77. The maximum atomic E-state index is 13.5. The second-order valence-corrected chi connectivity index (χ2v) is 4.89. The molecule has 1 fully saturated rings. The van der Waals surface area contributed by atoms with Gasteiger partial charge in [-0.1, -0.05) is 0 Å². The van der Waals surface area contributed by atoms with Crippen LogP contribution in [0.25, 0.3) is 0 Å². The number of alkyl halides is 2. The summed E-state index contributed by atoms with van der Waals surface area (Å²) >= 11 is 0. The van der Waals surface area contributed by atoms with E-state index in [0.29, 0.717) is 13.0 Å². The SMILES string of the molecule is CC(C)N1CCCC(O)(C(F)(F)C(=O)O)CC1. The molecule has 1 rings (SSSR count). The Kier molecular flexibility index (Phi) is 4.09. The molecule has 0 saturated carbocycles. The van der Waals surface area contributed by atoms with E-state index < -0.39 is 17.5 Å². The van der Waals surface area contributed by atoms with Gasteiger partial charge in [-0.05, 0) is 39.7 Å². The average molecular weight is 251 g/mol. The van der Waals surface area contributed by atoms with Gasteiger partial charge in [-0.25, -0.2) is 4.79 Å². The fraction of sp³-hybridized carbons (Fsp3) is 0.909. The number of carbonyl (C=O) groups is 1. The van der Waals surface area contributed by atoms with Crippen molar-refractivity contribution >= 4 is 5.97 Å². The van der Waals surface area contributed by atoms with Gasteiger partial charge in [0.1, 0.15) is 5.60 Å². The van der Waals surface area contributed by atoms with Crippen molar-refractivity contribution < 1.29 is 23.8 Å². The summed E-state index contributed by atoms with van der Waals surface area (Å²) in [6.45, 7) is 4.78. The van der Waals surface area contributed by atoms with Gasteiger partial charge >= 0.3 is 11.9 Å². The smallest absolute Gasteiger partial charge is 0.377 e. The summed E-state index contributed by atoms with van der Waals surface area (Å²) in [6, 6.07) is 0.204. The fourth-order valence-electron chi connectivity index (χ4n) is 2.17. The zero-order valence-electron chi connectivity index (χ0n) is 10.1. The standard InChI is InChI=1S/C11H19F2NO3/c1-8(2)14-6-3-4-10(17,5-7-14)11(12,13)9(15)16/h8,17H,3-7H2,1-2H3,(H,15,16). The summed E-state index contributed by atoms with van der Waals surface area (Å²) in [4.78, 5) is 12.5. The summed E-state index contributed by atoms with van der Waals surface area (Å²) in [6.07, 6.45) is -0.0302. The number of hydrogen-bond donors (Lipinski definition) is 2. The number of aliphatic hydroxyl groups is 1. The Morgan fingerprint density at radius 3 is 2.41 bits per heavy atom. The number of carboxylic acids is 1. The van der Waals surface area contributed by atoms with Crippen LogP contribution in [0.5, 0.6) is 0 Å². The van der Waals surface area contributed by atoms with E-state index in [0.717, 1.165) is 0 Å². The van der Waals surface area contributed by atoms with Crippen LogP contribution in [0, 0.1) is 0 Å². The first-order chi connectivity index (χ1) is 7.71. The molecule has 4 nitrogen and oxygen atoms in total. The van der Waals surface area contributed by atoms with Gasteiger partial charge in [0, 0.05) is 12.6 Å². The molecule has 17 heavy (non-hydrogen) atoms. The van der Waals surface area contributed by atoms with Gasteiger partial charge < -0.3 is 15.1 Å². The van der Waals surface area contributed by atoms with Crippen LogP contribution in [-0.2, 0) is 4.79 Å². The van der Waals surface area contributed by atoms with Crippen molar-refractivity contribution in [3.8, 4) is 0 Å². The van der Waals surface area contributed by atoms with Crippen LogP contribution >= 0.6 is 0 Å². The summed E-state index contributed by atoms with van der Waals surface area (Å²) in [5.41, 5.74) is -2.43. The van der Waals surface area contributed by atoms with E-state index in [4.69, 9.17) is 5.11 Å². The predicted octanol–water partition coefficient (Wildman–Crippen LogP) is 1.33. The molecule has 0 spiro atoms. The number of hydrogen-bond acceptors (Lipinski definition) is 3. The Morgan fingerprint density at radius 2 is 1.94 bits per heavy atom. The fourth-order valence-corrected chi connectivity index (χ4v) is 2.17. The molecule has 0 aromatic rings. The minimum atomic E-state index is -4.08. The highest BCUT2D eigenvalue weighted by Crippen LogP contribution is 2.37. The molecule has 0 aliphatic carbocycles.